The minimum Gasteiger partial charge on any atom is -0.353 e. The first-order chi connectivity index (χ1) is 12.8. The van der Waals surface area contributed by atoms with E-state index < -0.39 is 11.9 Å². The van der Waals surface area contributed by atoms with Crippen molar-refractivity contribution in [3.63, 3.8) is 0 Å². The zero-order valence-electron chi connectivity index (χ0n) is 14.8. The molecule has 3 aromatic rings. The molecule has 0 radical (unpaired) electrons. The minimum absolute atomic E-state index is 0.283. The summed E-state index contributed by atoms with van der Waals surface area (Å²) in [5.74, 6) is 1.72. The third-order valence-electron chi connectivity index (χ3n) is 4.72. The van der Waals surface area contributed by atoms with Crippen molar-refractivity contribution in [1.82, 2.24) is 29.5 Å². The topological polar surface area (TPSA) is 75.3 Å². The number of rotatable bonds is 2. The average Bonchev–Trinajstić information content (AvgIpc) is 3.10. The second-order valence-electron chi connectivity index (χ2n) is 6.35. The van der Waals surface area contributed by atoms with Crippen LogP contribution in [-0.4, -0.2) is 55.7 Å². The van der Waals surface area contributed by atoms with Gasteiger partial charge in [0.05, 0.1) is 0 Å². The van der Waals surface area contributed by atoms with E-state index >= 15 is 0 Å². The molecule has 1 fully saturated rings. The Kier molecular flexibility index (Phi) is 4.08. The molecule has 0 unspecified atom stereocenters. The van der Waals surface area contributed by atoms with E-state index in [0.717, 1.165) is 29.5 Å². The van der Waals surface area contributed by atoms with Gasteiger partial charge >= 0.3 is 6.18 Å². The Balaban J connectivity index is 1.57. The predicted octanol–water partition coefficient (Wildman–Crippen LogP) is 1.88. The molecule has 0 spiro atoms. The van der Waals surface area contributed by atoms with E-state index in [-0.39, 0.29) is 5.82 Å². The van der Waals surface area contributed by atoms with Crippen molar-refractivity contribution in [3.8, 4) is 0 Å². The van der Waals surface area contributed by atoms with Crippen molar-refractivity contribution in [1.29, 1.82) is 0 Å². The van der Waals surface area contributed by atoms with Crippen LogP contribution in [0, 0.1) is 13.8 Å². The van der Waals surface area contributed by atoms with Gasteiger partial charge in [-0.25, -0.2) is 15.0 Å². The highest BCUT2D eigenvalue weighted by atomic mass is 19.4. The lowest BCUT2D eigenvalue weighted by atomic mass is 10.2. The fourth-order valence-corrected chi connectivity index (χ4v) is 3.21. The monoisotopic (exact) mass is 378 g/mol. The third-order valence-corrected chi connectivity index (χ3v) is 4.72. The van der Waals surface area contributed by atoms with Crippen LogP contribution in [0.15, 0.2) is 18.7 Å². The highest BCUT2D eigenvalue weighted by Crippen LogP contribution is 2.30. The lowest BCUT2D eigenvalue weighted by Crippen LogP contribution is -2.47. The van der Waals surface area contributed by atoms with Crippen molar-refractivity contribution >= 4 is 17.4 Å². The molecule has 0 aliphatic carbocycles. The molecule has 8 nitrogen and oxygen atoms in total. The first-order valence-corrected chi connectivity index (χ1v) is 8.40. The van der Waals surface area contributed by atoms with Gasteiger partial charge < -0.3 is 9.80 Å². The van der Waals surface area contributed by atoms with Gasteiger partial charge in [-0.1, -0.05) is 0 Å². The molecule has 1 saturated heterocycles. The van der Waals surface area contributed by atoms with Crippen molar-refractivity contribution in [3.05, 3.63) is 35.7 Å². The van der Waals surface area contributed by atoms with E-state index in [1.807, 2.05) is 18.7 Å². The van der Waals surface area contributed by atoms with E-state index in [1.54, 1.807) is 4.52 Å². The summed E-state index contributed by atoms with van der Waals surface area (Å²) in [5, 5.41) is 4.25. The molecular weight excluding hydrogens is 361 g/mol. The zero-order chi connectivity index (χ0) is 19.2. The number of aromatic nitrogens is 6. The van der Waals surface area contributed by atoms with Crippen molar-refractivity contribution in [2.45, 2.75) is 20.0 Å². The van der Waals surface area contributed by atoms with Crippen LogP contribution in [0.4, 0.5) is 24.8 Å². The maximum Gasteiger partial charge on any atom is 0.433 e. The highest BCUT2D eigenvalue weighted by molar-refractivity contribution is 5.55. The van der Waals surface area contributed by atoms with E-state index in [0.29, 0.717) is 32.0 Å². The summed E-state index contributed by atoms with van der Waals surface area (Å²) in [6, 6.07) is 0.993. The molecule has 142 valence electrons. The maximum atomic E-state index is 12.9. The Hall–Kier alpha value is -2.98. The molecule has 4 heterocycles. The van der Waals surface area contributed by atoms with Crippen LogP contribution in [0.5, 0.6) is 0 Å². The second-order valence-corrected chi connectivity index (χ2v) is 6.35. The van der Waals surface area contributed by atoms with Crippen LogP contribution in [0.3, 0.4) is 0 Å². The summed E-state index contributed by atoms with van der Waals surface area (Å²) >= 11 is 0. The summed E-state index contributed by atoms with van der Waals surface area (Å²) in [6.07, 6.45) is -2.07. The summed E-state index contributed by atoms with van der Waals surface area (Å²) in [5.41, 5.74) is 0.946. The number of fused-ring (bicyclic) bond motifs is 1. The molecule has 1 aliphatic heterocycles. The van der Waals surface area contributed by atoms with Crippen LogP contribution < -0.4 is 9.80 Å². The van der Waals surface area contributed by atoms with Crippen molar-refractivity contribution in [2.75, 3.05) is 36.0 Å². The Morgan fingerprint density at radius 3 is 2.33 bits per heavy atom. The number of aryl methyl sites for hydroxylation is 1. The zero-order valence-corrected chi connectivity index (χ0v) is 14.8. The van der Waals surface area contributed by atoms with Gasteiger partial charge in [-0.15, -0.1) is 0 Å². The van der Waals surface area contributed by atoms with Crippen LogP contribution in [0.1, 0.15) is 17.0 Å². The standard InChI is InChI=1S/C16H17F3N8/c1-10-11(2)24-15-22-9-23-27(15)14(10)26-5-3-25(4-6-26)13-7-12(16(17,18)19)20-8-21-13/h7-9H,3-6H2,1-2H3. The molecule has 0 N–H and O–H groups in total. The second kappa shape index (κ2) is 6.32. The van der Waals surface area contributed by atoms with Crippen molar-refractivity contribution < 1.29 is 13.2 Å². The molecule has 3 aromatic heterocycles. The molecule has 0 atom stereocenters. The summed E-state index contributed by atoms with van der Waals surface area (Å²) in [6.45, 7) is 6.19. The number of nitrogens with zero attached hydrogens (tertiary/aromatic N) is 8. The Morgan fingerprint density at radius 2 is 1.63 bits per heavy atom. The third kappa shape index (κ3) is 3.13. The summed E-state index contributed by atoms with van der Waals surface area (Å²) in [4.78, 5) is 19.9. The first kappa shape index (κ1) is 17.4. The lowest BCUT2D eigenvalue weighted by molar-refractivity contribution is -0.141. The number of anilines is 2. The minimum atomic E-state index is -4.48. The molecule has 0 amide bonds. The number of hydrogen-bond acceptors (Lipinski definition) is 7. The number of hydrogen-bond donors (Lipinski definition) is 0. The molecule has 0 aromatic carbocycles. The predicted molar refractivity (Wildman–Crippen MR) is 91.7 cm³/mol. The van der Waals surface area contributed by atoms with Crippen LogP contribution in [0.25, 0.3) is 5.78 Å². The number of halogens is 3. The maximum absolute atomic E-state index is 12.9. The van der Waals surface area contributed by atoms with Gasteiger partial charge in [0, 0.05) is 43.5 Å². The van der Waals surface area contributed by atoms with Crippen LogP contribution >= 0.6 is 0 Å². The van der Waals surface area contributed by atoms with Gasteiger partial charge in [-0.2, -0.15) is 27.8 Å². The van der Waals surface area contributed by atoms with Gasteiger partial charge in [0.25, 0.3) is 5.78 Å². The van der Waals surface area contributed by atoms with Gasteiger partial charge in [-0.05, 0) is 13.8 Å². The number of alkyl halides is 3. The van der Waals surface area contributed by atoms with E-state index in [2.05, 4.69) is 29.9 Å². The summed E-state index contributed by atoms with van der Waals surface area (Å²) < 4.78 is 40.3. The van der Waals surface area contributed by atoms with E-state index in [4.69, 9.17) is 0 Å². The quantitative estimate of drug-likeness (QED) is 0.674. The first-order valence-electron chi connectivity index (χ1n) is 8.40. The molecule has 0 saturated carbocycles. The lowest BCUT2D eigenvalue weighted by Gasteiger charge is -2.37. The highest BCUT2D eigenvalue weighted by Gasteiger charge is 2.33. The fraction of sp³-hybridized carbons (Fsp3) is 0.438. The van der Waals surface area contributed by atoms with Crippen molar-refractivity contribution in [2.24, 2.45) is 0 Å². The number of piperazine rings is 1. The van der Waals surface area contributed by atoms with E-state index in [9.17, 15) is 13.2 Å². The molecular formula is C16H17F3N8. The average molecular weight is 378 g/mol. The Morgan fingerprint density at radius 1 is 0.926 bits per heavy atom. The molecule has 0 bridgehead atoms. The van der Waals surface area contributed by atoms with Crippen LogP contribution in [-0.2, 0) is 6.18 Å². The van der Waals surface area contributed by atoms with Gasteiger partial charge in [-0.3, -0.25) is 0 Å². The Labute approximate surface area is 152 Å². The van der Waals surface area contributed by atoms with Crippen LogP contribution in [0.2, 0.25) is 0 Å². The molecule has 1 aliphatic rings. The molecule has 11 heteroatoms. The van der Waals surface area contributed by atoms with Gasteiger partial charge in [0.15, 0.2) is 0 Å². The molecule has 27 heavy (non-hydrogen) atoms. The summed E-state index contributed by atoms with van der Waals surface area (Å²) in [7, 11) is 0. The Bertz CT molecular complexity index is 975. The largest absolute Gasteiger partial charge is 0.433 e. The van der Waals surface area contributed by atoms with Gasteiger partial charge in [0.1, 0.15) is 30.0 Å². The smallest absolute Gasteiger partial charge is 0.353 e. The van der Waals surface area contributed by atoms with Gasteiger partial charge in [0.2, 0.25) is 0 Å². The SMILES string of the molecule is Cc1nc2ncnn2c(N2CCN(c3cc(C(F)(F)F)ncn3)CC2)c1C. The normalized spacial score (nSPS) is 15.6. The molecule has 4 rings (SSSR count). The van der Waals surface area contributed by atoms with E-state index in [1.165, 1.54) is 6.33 Å². The fourth-order valence-electron chi connectivity index (χ4n) is 3.21.